The molecular weight excluding hydrogens is 446 g/mol. The first kappa shape index (κ1) is 24.2. The maximum Gasteiger partial charge on any atom is 0.269 e. The highest BCUT2D eigenvalue weighted by Gasteiger charge is 2.58. The lowest BCUT2D eigenvalue weighted by atomic mass is 9.84. The Morgan fingerprint density at radius 3 is 1.97 bits per heavy atom. The van der Waals surface area contributed by atoms with Crippen molar-refractivity contribution in [2.24, 2.45) is 4.40 Å². The van der Waals surface area contributed by atoms with Crippen LogP contribution in [0, 0.1) is 0 Å². The van der Waals surface area contributed by atoms with Gasteiger partial charge in [0.2, 0.25) is 5.90 Å². The Morgan fingerprint density at radius 2 is 1.41 bits per heavy atom. The molecule has 0 aliphatic carbocycles. The van der Waals surface area contributed by atoms with E-state index in [2.05, 4.69) is 4.40 Å². The molecule has 0 saturated carbocycles. The second kappa shape index (κ2) is 9.35. The molecule has 0 amide bonds. The average molecular weight is 478 g/mol. The first-order chi connectivity index (χ1) is 16.2. The number of aliphatic hydroxyl groups excluding tert-OH is 1. The van der Waals surface area contributed by atoms with Crippen molar-refractivity contribution in [1.29, 1.82) is 0 Å². The summed E-state index contributed by atoms with van der Waals surface area (Å²) in [7, 11) is -3.95. The molecule has 0 fully saturated rings. The molecule has 0 radical (unpaired) electrons. The van der Waals surface area contributed by atoms with Gasteiger partial charge >= 0.3 is 0 Å². The monoisotopic (exact) mass is 477 g/mol. The van der Waals surface area contributed by atoms with Crippen LogP contribution in [0.4, 0.5) is 0 Å². The van der Waals surface area contributed by atoms with Crippen LogP contribution in [0.2, 0.25) is 0 Å². The van der Waals surface area contributed by atoms with Gasteiger partial charge in [0.15, 0.2) is 4.75 Å². The number of sulfonamides is 1. The first-order valence-electron chi connectivity index (χ1n) is 11.5. The molecule has 2 atom stereocenters. The van der Waals surface area contributed by atoms with Gasteiger partial charge < -0.3 is 9.84 Å². The fraction of sp³-hybridized carbons (Fsp3) is 0.321. The molecule has 0 aromatic heterocycles. The maximum absolute atomic E-state index is 13.6. The third-order valence-electron chi connectivity index (χ3n) is 6.97. The number of hydrogen-bond donors (Lipinski definition) is 1. The van der Waals surface area contributed by atoms with Crippen LogP contribution in [0.3, 0.4) is 0 Å². The summed E-state index contributed by atoms with van der Waals surface area (Å²) < 4.78 is 36.4. The number of ether oxygens (including phenoxy) is 1. The minimum Gasteiger partial charge on any atom is -0.472 e. The van der Waals surface area contributed by atoms with E-state index < -0.39 is 20.4 Å². The van der Waals surface area contributed by atoms with E-state index in [-0.39, 0.29) is 18.4 Å². The Morgan fingerprint density at radius 1 is 0.853 bits per heavy atom. The molecule has 0 spiro atoms. The van der Waals surface area contributed by atoms with Gasteiger partial charge in [-0.15, -0.1) is 4.40 Å². The van der Waals surface area contributed by atoms with Crippen molar-refractivity contribution in [2.45, 2.75) is 49.9 Å². The summed E-state index contributed by atoms with van der Waals surface area (Å²) in [6.07, 6.45) is 0.793. The van der Waals surface area contributed by atoms with Crippen LogP contribution < -0.4 is 0 Å². The van der Waals surface area contributed by atoms with Gasteiger partial charge in [-0.3, -0.25) is 0 Å². The lowest BCUT2D eigenvalue weighted by molar-refractivity contribution is 0.0424. The van der Waals surface area contributed by atoms with Gasteiger partial charge in [-0.25, -0.2) is 8.42 Å². The van der Waals surface area contributed by atoms with E-state index >= 15 is 0 Å². The van der Waals surface area contributed by atoms with Crippen molar-refractivity contribution in [1.82, 2.24) is 0 Å². The number of rotatable bonds is 7. The molecule has 6 heteroatoms. The molecule has 34 heavy (non-hydrogen) atoms. The minimum atomic E-state index is -3.95. The third kappa shape index (κ3) is 4.40. The van der Waals surface area contributed by atoms with Crippen LogP contribution in [-0.2, 0) is 19.5 Å². The van der Waals surface area contributed by atoms with E-state index in [1.165, 1.54) is 0 Å². The van der Waals surface area contributed by atoms with Gasteiger partial charge in [-0.2, -0.15) is 0 Å². The highest BCUT2D eigenvalue weighted by atomic mass is 32.2. The van der Waals surface area contributed by atoms with Crippen molar-refractivity contribution < 1.29 is 18.3 Å². The molecule has 1 aliphatic rings. The van der Waals surface area contributed by atoms with E-state index in [1.807, 2.05) is 84.9 Å². The number of benzene rings is 3. The van der Waals surface area contributed by atoms with Gasteiger partial charge in [0.1, 0.15) is 5.60 Å². The zero-order chi connectivity index (χ0) is 24.4. The Kier molecular flexibility index (Phi) is 6.65. The summed E-state index contributed by atoms with van der Waals surface area (Å²) in [4.78, 5) is 0. The van der Waals surface area contributed by atoms with Crippen LogP contribution in [0.1, 0.15) is 50.7 Å². The summed E-state index contributed by atoms with van der Waals surface area (Å²) in [6, 6.07) is 27.3. The van der Waals surface area contributed by atoms with Crippen LogP contribution in [0.5, 0.6) is 0 Å². The molecule has 3 aromatic rings. The topological polar surface area (TPSA) is 76.0 Å². The van der Waals surface area contributed by atoms with E-state index in [1.54, 1.807) is 20.8 Å². The van der Waals surface area contributed by atoms with Crippen LogP contribution in [0.15, 0.2) is 89.3 Å². The quantitative estimate of drug-likeness (QED) is 0.476. The Hall–Kier alpha value is -2.96. The summed E-state index contributed by atoms with van der Waals surface area (Å²) in [5.41, 5.74) is 2.67. The third-order valence-corrected chi connectivity index (χ3v) is 9.18. The Bertz CT molecular complexity index is 1250. The van der Waals surface area contributed by atoms with E-state index in [4.69, 9.17) is 4.74 Å². The predicted octanol–water partition coefficient (Wildman–Crippen LogP) is 5.66. The molecule has 1 unspecified atom stereocenters. The largest absolute Gasteiger partial charge is 0.472 e. The standard InChI is InChI=1S/C28H31NO4S/c1-27(2)28(3,25-16-14-23(15-17-25)21-10-6-4-7-11-21)34(31,32)29-26(33-27)20-24(18-19-30)22-12-8-5-9-13-22/h4-17,24,30H,18-20H2,1-3H3/t24-,28?/m1/s1. The smallest absolute Gasteiger partial charge is 0.269 e. The van der Waals surface area contributed by atoms with Crippen molar-refractivity contribution in [2.75, 3.05) is 6.61 Å². The van der Waals surface area contributed by atoms with Crippen LogP contribution in [0.25, 0.3) is 11.1 Å². The zero-order valence-corrected chi connectivity index (χ0v) is 20.6. The molecule has 3 aromatic carbocycles. The average Bonchev–Trinajstić information content (AvgIpc) is 2.83. The van der Waals surface area contributed by atoms with Crippen molar-refractivity contribution in [3.05, 3.63) is 96.1 Å². The number of hydrogen-bond acceptors (Lipinski definition) is 4. The number of nitrogens with zero attached hydrogens (tertiary/aromatic N) is 1. The van der Waals surface area contributed by atoms with Gasteiger partial charge in [-0.1, -0.05) is 84.9 Å². The molecule has 0 bridgehead atoms. The maximum atomic E-state index is 13.6. The highest BCUT2D eigenvalue weighted by Crippen LogP contribution is 2.47. The van der Waals surface area contributed by atoms with Gasteiger partial charge in [0.05, 0.1) is 0 Å². The zero-order valence-electron chi connectivity index (χ0n) is 19.8. The predicted molar refractivity (Wildman–Crippen MR) is 136 cm³/mol. The second-order valence-corrected chi connectivity index (χ2v) is 11.3. The van der Waals surface area contributed by atoms with Crippen molar-refractivity contribution in [3.63, 3.8) is 0 Å². The van der Waals surface area contributed by atoms with Crippen LogP contribution >= 0.6 is 0 Å². The molecule has 1 N–H and O–H groups in total. The summed E-state index contributed by atoms with van der Waals surface area (Å²) in [5.74, 6) is 0.0937. The fourth-order valence-electron chi connectivity index (χ4n) is 4.61. The lowest BCUT2D eigenvalue weighted by Gasteiger charge is -2.45. The highest BCUT2D eigenvalue weighted by molar-refractivity contribution is 7.91. The van der Waals surface area contributed by atoms with Gasteiger partial charge in [-0.05, 0) is 55.4 Å². The molecule has 178 valence electrons. The normalized spacial score (nSPS) is 21.8. The van der Waals surface area contributed by atoms with Crippen molar-refractivity contribution in [3.8, 4) is 11.1 Å². The van der Waals surface area contributed by atoms with Crippen molar-refractivity contribution >= 4 is 15.9 Å². The second-order valence-electron chi connectivity index (χ2n) is 9.37. The Balaban J connectivity index is 1.68. The van der Waals surface area contributed by atoms with Crippen LogP contribution in [-0.4, -0.2) is 31.6 Å². The molecule has 1 heterocycles. The van der Waals surface area contributed by atoms with E-state index in [0.29, 0.717) is 18.4 Å². The lowest BCUT2D eigenvalue weighted by Crippen LogP contribution is -2.55. The Labute approximate surface area is 202 Å². The molecule has 1 aliphatic heterocycles. The molecule has 0 saturated heterocycles. The van der Waals surface area contributed by atoms with E-state index in [0.717, 1.165) is 16.7 Å². The van der Waals surface area contributed by atoms with E-state index in [9.17, 15) is 13.5 Å². The molecular formula is C28H31NO4S. The first-order valence-corrected chi connectivity index (χ1v) is 13.0. The summed E-state index contributed by atoms with van der Waals surface area (Å²) >= 11 is 0. The molecule has 4 rings (SSSR count). The SMILES string of the molecule is CC1(C)OC(C[C@@H](CCO)c2ccccc2)=NS(=O)(=O)C1(C)c1ccc(-c2ccccc2)cc1. The summed E-state index contributed by atoms with van der Waals surface area (Å²) in [5, 5.41) is 9.57. The fourth-order valence-corrected chi connectivity index (χ4v) is 6.27. The van der Waals surface area contributed by atoms with Gasteiger partial charge in [0.25, 0.3) is 10.0 Å². The minimum absolute atomic E-state index is 0.00549. The summed E-state index contributed by atoms with van der Waals surface area (Å²) in [6.45, 7) is 5.28. The van der Waals surface area contributed by atoms with Gasteiger partial charge in [0, 0.05) is 13.0 Å². The molecule has 5 nitrogen and oxygen atoms in total. The number of aliphatic hydroxyl groups is 1.